The minimum atomic E-state index is -0.609. The van der Waals surface area contributed by atoms with Crippen LogP contribution in [0.4, 0.5) is 0 Å². The molecule has 1 heterocycles. The van der Waals surface area contributed by atoms with Crippen molar-refractivity contribution in [3.63, 3.8) is 0 Å². The topological polar surface area (TPSA) is 104 Å². The maximum atomic E-state index is 12.3. The SMILES string of the molecule is CCCCOc1ccc(C2C(C#N)=C(N)Oc3cc(OC(=O)COc4ccccc4Cl)ccc32)cc1. The first kappa shape index (κ1) is 25.0. The third-order valence-corrected chi connectivity index (χ3v) is 5.90. The number of nitriles is 1. The standard InChI is InChI=1S/C28H25ClN2O5/c1-2-3-14-33-19-10-8-18(9-11-19)27-21-13-12-20(15-25(21)36-28(31)22(27)16-30)35-26(32)17-34-24-7-5-4-6-23(24)29/h4-13,15,27H,2-3,14,17,31H2,1H3. The van der Waals surface area contributed by atoms with Gasteiger partial charge in [-0.2, -0.15) is 5.26 Å². The molecule has 0 spiro atoms. The maximum Gasteiger partial charge on any atom is 0.349 e. The van der Waals surface area contributed by atoms with Crippen LogP contribution in [0, 0.1) is 11.3 Å². The van der Waals surface area contributed by atoms with Crippen molar-refractivity contribution in [2.24, 2.45) is 5.73 Å². The molecule has 1 unspecified atom stereocenters. The van der Waals surface area contributed by atoms with Crippen LogP contribution in [0.2, 0.25) is 5.02 Å². The van der Waals surface area contributed by atoms with Crippen molar-refractivity contribution >= 4 is 17.6 Å². The highest BCUT2D eigenvalue weighted by molar-refractivity contribution is 6.32. The largest absolute Gasteiger partial charge is 0.494 e. The Morgan fingerprint density at radius 2 is 1.83 bits per heavy atom. The second-order valence-corrected chi connectivity index (χ2v) is 8.50. The van der Waals surface area contributed by atoms with Crippen LogP contribution in [0.5, 0.6) is 23.0 Å². The number of halogens is 1. The number of allylic oxidation sites excluding steroid dienone is 1. The molecule has 0 aliphatic carbocycles. The Hall–Kier alpha value is -4.15. The summed E-state index contributed by atoms with van der Waals surface area (Å²) in [5.74, 6) is 0.764. The van der Waals surface area contributed by atoms with Gasteiger partial charge < -0.3 is 24.7 Å². The average molecular weight is 505 g/mol. The van der Waals surface area contributed by atoms with E-state index >= 15 is 0 Å². The zero-order valence-electron chi connectivity index (χ0n) is 19.7. The van der Waals surface area contributed by atoms with E-state index in [1.807, 2.05) is 24.3 Å². The number of unbranched alkanes of at least 4 members (excludes halogenated alkanes) is 1. The van der Waals surface area contributed by atoms with Gasteiger partial charge in [0.15, 0.2) is 6.61 Å². The van der Waals surface area contributed by atoms with Gasteiger partial charge in [-0.1, -0.05) is 55.3 Å². The van der Waals surface area contributed by atoms with Crippen molar-refractivity contribution in [1.29, 1.82) is 5.26 Å². The minimum absolute atomic E-state index is 0.00352. The lowest BCUT2D eigenvalue weighted by Crippen LogP contribution is -2.21. The third-order valence-electron chi connectivity index (χ3n) is 5.58. The first-order valence-corrected chi connectivity index (χ1v) is 11.9. The molecule has 1 aliphatic heterocycles. The van der Waals surface area contributed by atoms with Gasteiger partial charge in [0.2, 0.25) is 5.88 Å². The fraction of sp³-hybridized carbons (Fsp3) is 0.214. The Morgan fingerprint density at radius 3 is 2.56 bits per heavy atom. The number of nitrogens with zero attached hydrogens (tertiary/aromatic N) is 1. The molecule has 36 heavy (non-hydrogen) atoms. The van der Waals surface area contributed by atoms with Gasteiger partial charge in [0.1, 0.15) is 34.6 Å². The number of benzene rings is 3. The number of hydrogen-bond acceptors (Lipinski definition) is 7. The molecule has 0 aromatic heterocycles. The lowest BCUT2D eigenvalue weighted by Gasteiger charge is -2.26. The number of carbonyl (C=O) groups is 1. The van der Waals surface area contributed by atoms with Crippen LogP contribution < -0.4 is 24.7 Å². The van der Waals surface area contributed by atoms with Gasteiger partial charge >= 0.3 is 5.97 Å². The summed E-state index contributed by atoms with van der Waals surface area (Å²) in [6.45, 7) is 2.44. The number of carbonyl (C=O) groups excluding carboxylic acids is 1. The molecule has 3 aromatic carbocycles. The number of ether oxygens (including phenoxy) is 4. The van der Waals surface area contributed by atoms with E-state index in [2.05, 4.69) is 13.0 Å². The highest BCUT2D eigenvalue weighted by Gasteiger charge is 2.31. The van der Waals surface area contributed by atoms with Crippen LogP contribution in [0.15, 0.2) is 78.2 Å². The molecular formula is C28H25ClN2O5. The van der Waals surface area contributed by atoms with Crippen LogP contribution in [-0.2, 0) is 4.79 Å². The molecule has 8 heteroatoms. The summed E-state index contributed by atoms with van der Waals surface area (Å²) in [7, 11) is 0. The van der Waals surface area contributed by atoms with E-state index in [0.29, 0.717) is 28.7 Å². The number of fused-ring (bicyclic) bond motifs is 1. The van der Waals surface area contributed by atoms with E-state index < -0.39 is 11.9 Å². The van der Waals surface area contributed by atoms with Gasteiger partial charge in [-0.25, -0.2) is 4.79 Å². The number of hydrogen-bond donors (Lipinski definition) is 1. The molecule has 0 radical (unpaired) electrons. The Bertz CT molecular complexity index is 1310. The van der Waals surface area contributed by atoms with Crippen LogP contribution in [0.1, 0.15) is 36.8 Å². The molecule has 0 bridgehead atoms. The minimum Gasteiger partial charge on any atom is -0.494 e. The number of rotatable bonds is 9. The summed E-state index contributed by atoms with van der Waals surface area (Å²) in [6.07, 6.45) is 2.03. The van der Waals surface area contributed by atoms with Crippen molar-refractivity contribution in [2.75, 3.05) is 13.2 Å². The van der Waals surface area contributed by atoms with E-state index in [4.69, 9.17) is 36.3 Å². The van der Waals surface area contributed by atoms with Crippen molar-refractivity contribution in [3.05, 3.63) is 94.3 Å². The van der Waals surface area contributed by atoms with E-state index in [-0.39, 0.29) is 18.2 Å². The van der Waals surface area contributed by atoms with Crippen LogP contribution in [0.25, 0.3) is 0 Å². The van der Waals surface area contributed by atoms with Crippen molar-refractivity contribution < 1.29 is 23.7 Å². The molecule has 0 saturated heterocycles. The van der Waals surface area contributed by atoms with Crippen LogP contribution >= 0.6 is 11.6 Å². The monoisotopic (exact) mass is 504 g/mol. The van der Waals surface area contributed by atoms with Gasteiger partial charge in [-0.05, 0) is 42.3 Å². The van der Waals surface area contributed by atoms with Crippen molar-refractivity contribution in [3.8, 4) is 29.1 Å². The second-order valence-electron chi connectivity index (χ2n) is 8.09. The normalized spacial score (nSPS) is 14.3. The predicted molar refractivity (Wildman–Crippen MR) is 135 cm³/mol. The van der Waals surface area contributed by atoms with E-state index in [1.54, 1.807) is 42.5 Å². The Labute approximate surface area is 214 Å². The van der Waals surface area contributed by atoms with Gasteiger partial charge in [0, 0.05) is 11.6 Å². The Kier molecular flexibility index (Phi) is 7.99. The molecular weight excluding hydrogens is 480 g/mol. The summed E-state index contributed by atoms with van der Waals surface area (Å²) >= 11 is 6.05. The van der Waals surface area contributed by atoms with Crippen LogP contribution in [0.3, 0.4) is 0 Å². The number of nitrogens with two attached hydrogens (primary N) is 1. The van der Waals surface area contributed by atoms with Gasteiger partial charge in [-0.3, -0.25) is 0 Å². The molecule has 2 N–H and O–H groups in total. The third kappa shape index (κ3) is 5.73. The summed E-state index contributed by atoms with van der Waals surface area (Å²) in [4.78, 5) is 12.3. The lowest BCUT2D eigenvalue weighted by molar-refractivity contribution is -0.136. The average Bonchev–Trinajstić information content (AvgIpc) is 2.88. The van der Waals surface area contributed by atoms with Crippen LogP contribution in [-0.4, -0.2) is 19.2 Å². The number of esters is 1. The highest BCUT2D eigenvalue weighted by Crippen LogP contribution is 2.43. The molecule has 1 atom stereocenters. The van der Waals surface area contributed by atoms with Crippen molar-refractivity contribution in [2.45, 2.75) is 25.7 Å². The maximum absolute atomic E-state index is 12.3. The molecule has 0 saturated carbocycles. The zero-order chi connectivity index (χ0) is 25.5. The molecule has 3 aromatic rings. The fourth-order valence-corrected chi connectivity index (χ4v) is 3.98. The first-order chi connectivity index (χ1) is 17.5. The summed E-state index contributed by atoms with van der Waals surface area (Å²) in [5.41, 5.74) is 7.99. The van der Waals surface area contributed by atoms with Gasteiger partial charge in [0.25, 0.3) is 0 Å². The van der Waals surface area contributed by atoms with E-state index in [9.17, 15) is 10.1 Å². The molecule has 7 nitrogen and oxygen atoms in total. The Morgan fingerprint density at radius 1 is 1.08 bits per heavy atom. The summed E-state index contributed by atoms with van der Waals surface area (Å²) in [6, 6.07) is 21.5. The fourth-order valence-electron chi connectivity index (χ4n) is 3.79. The quantitative estimate of drug-likeness (QED) is 0.226. The van der Waals surface area contributed by atoms with Gasteiger partial charge in [-0.15, -0.1) is 0 Å². The van der Waals surface area contributed by atoms with E-state index in [1.165, 1.54) is 0 Å². The molecule has 184 valence electrons. The highest BCUT2D eigenvalue weighted by atomic mass is 35.5. The molecule has 0 amide bonds. The number of para-hydroxylation sites is 1. The molecule has 0 fully saturated rings. The zero-order valence-corrected chi connectivity index (χ0v) is 20.5. The van der Waals surface area contributed by atoms with Crippen molar-refractivity contribution in [1.82, 2.24) is 0 Å². The Balaban J connectivity index is 1.51. The van der Waals surface area contributed by atoms with E-state index in [0.717, 1.165) is 29.7 Å². The predicted octanol–water partition coefficient (Wildman–Crippen LogP) is 5.72. The smallest absolute Gasteiger partial charge is 0.349 e. The first-order valence-electron chi connectivity index (χ1n) is 11.5. The summed E-state index contributed by atoms with van der Waals surface area (Å²) < 4.78 is 22.3. The molecule has 4 rings (SSSR count). The van der Waals surface area contributed by atoms with Gasteiger partial charge in [0.05, 0.1) is 17.5 Å². The molecule has 1 aliphatic rings. The second kappa shape index (κ2) is 11.5. The lowest BCUT2D eigenvalue weighted by atomic mass is 9.83. The summed E-state index contributed by atoms with van der Waals surface area (Å²) in [5, 5.41) is 10.2.